The minimum Gasteiger partial charge on any atom is -0.387 e. The topological polar surface area (TPSA) is 20.2 Å². The molecular weight excluding hydrogens is 252 g/mol. The average molecular weight is 278 g/mol. The standard InChI is InChI=1S/C17H26OS/c1-11-7-12(2)9-14(8-11)17(18)16-10-13-5-3-4-6-15(13)19-16/h10-12,14,17-18H,3-9H2,1-2H3. The van der Waals surface area contributed by atoms with Crippen LogP contribution in [0.2, 0.25) is 0 Å². The molecule has 3 rings (SSSR count). The van der Waals surface area contributed by atoms with Crippen molar-refractivity contribution < 1.29 is 5.11 Å². The Labute approximate surface area is 121 Å². The van der Waals surface area contributed by atoms with Crippen LogP contribution in [0.3, 0.4) is 0 Å². The molecule has 106 valence electrons. The van der Waals surface area contributed by atoms with Crippen molar-refractivity contribution >= 4 is 11.3 Å². The van der Waals surface area contributed by atoms with Gasteiger partial charge in [0.15, 0.2) is 0 Å². The summed E-state index contributed by atoms with van der Waals surface area (Å²) in [5.74, 6) is 2.04. The largest absolute Gasteiger partial charge is 0.387 e. The molecule has 0 bridgehead atoms. The summed E-state index contributed by atoms with van der Waals surface area (Å²) >= 11 is 1.89. The van der Waals surface area contributed by atoms with Gasteiger partial charge in [-0.05, 0) is 74.3 Å². The normalized spacial score (nSPS) is 32.9. The van der Waals surface area contributed by atoms with E-state index >= 15 is 0 Å². The predicted octanol–water partition coefficient (Wildman–Crippen LogP) is 4.73. The summed E-state index contributed by atoms with van der Waals surface area (Å²) < 4.78 is 0. The zero-order valence-corrected chi connectivity index (χ0v) is 13.0. The van der Waals surface area contributed by atoms with Crippen LogP contribution in [0.15, 0.2) is 6.07 Å². The first-order chi connectivity index (χ1) is 9.13. The Morgan fingerprint density at radius 1 is 1.11 bits per heavy atom. The summed E-state index contributed by atoms with van der Waals surface area (Å²) in [5.41, 5.74) is 1.53. The van der Waals surface area contributed by atoms with E-state index in [-0.39, 0.29) is 6.10 Å². The highest BCUT2D eigenvalue weighted by molar-refractivity contribution is 7.12. The molecule has 0 radical (unpaired) electrons. The lowest BCUT2D eigenvalue weighted by molar-refractivity contribution is 0.0576. The van der Waals surface area contributed by atoms with Gasteiger partial charge in [0.25, 0.3) is 0 Å². The maximum absolute atomic E-state index is 10.7. The molecule has 2 aliphatic carbocycles. The Hall–Kier alpha value is -0.340. The zero-order chi connectivity index (χ0) is 13.4. The number of hydrogen-bond donors (Lipinski definition) is 1. The predicted molar refractivity (Wildman–Crippen MR) is 81.6 cm³/mol. The molecule has 0 amide bonds. The molecule has 0 spiro atoms. The molecule has 3 unspecified atom stereocenters. The lowest BCUT2D eigenvalue weighted by atomic mass is 9.74. The van der Waals surface area contributed by atoms with Crippen molar-refractivity contribution in [2.24, 2.45) is 17.8 Å². The van der Waals surface area contributed by atoms with Gasteiger partial charge < -0.3 is 5.11 Å². The van der Waals surface area contributed by atoms with Crippen molar-refractivity contribution in [3.05, 3.63) is 21.4 Å². The number of hydrogen-bond acceptors (Lipinski definition) is 2. The summed E-state index contributed by atoms with van der Waals surface area (Å²) in [5, 5.41) is 10.7. The number of aryl methyl sites for hydroxylation is 2. The van der Waals surface area contributed by atoms with E-state index in [4.69, 9.17) is 0 Å². The third kappa shape index (κ3) is 2.90. The molecule has 1 N–H and O–H groups in total. The van der Waals surface area contributed by atoms with Gasteiger partial charge in [-0.3, -0.25) is 0 Å². The second kappa shape index (κ2) is 5.57. The SMILES string of the molecule is CC1CC(C)CC(C(O)c2cc3c(s2)CCCC3)C1. The lowest BCUT2D eigenvalue weighted by Crippen LogP contribution is -2.24. The van der Waals surface area contributed by atoms with Gasteiger partial charge >= 0.3 is 0 Å². The van der Waals surface area contributed by atoms with Crippen LogP contribution in [0.1, 0.15) is 67.4 Å². The summed E-state index contributed by atoms with van der Waals surface area (Å²) in [7, 11) is 0. The van der Waals surface area contributed by atoms with Gasteiger partial charge in [-0.25, -0.2) is 0 Å². The maximum Gasteiger partial charge on any atom is 0.0910 e. The molecule has 3 atom stereocenters. The van der Waals surface area contributed by atoms with Crippen LogP contribution < -0.4 is 0 Å². The van der Waals surface area contributed by atoms with Gasteiger partial charge in [0, 0.05) is 9.75 Å². The highest BCUT2D eigenvalue weighted by Crippen LogP contribution is 2.42. The molecule has 1 aromatic rings. The van der Waals surface area contributed by atoms with Crippen molar-refractivity contribution in [1.29, 1.82) is 0 Å². The Bertz CT molecular complexity index is 403. The maximum atomic E-state index is 10.7. The molecule has 1 aromatic heterocycles. The number of fused-ring (bicyclic) bond motifs is 1. The highest BCUT2D eigenvalue weighted by atomic mass is 32.1. The van der Waals surface area contributed by atoms with Gasteiger partial charge in [-0.2, -0.15) is 0 Å². The van der Waals surface area contributed by atoms with Gasteiger partial charge in [0.05, 0.1) is 6.10 Å². The van der Waals surface area contributed by atoms with Gasteiger partial charge in [0.2, 0.25) is 0 Å². The summed E-state index contributed by atoms with van der Waals surface area (Å²) in [6, 6.07) is 2.31. The zero-order valence-electron chi connectivity index (χ0n) is 12.2. The van der Waals surface area contributed by atoms with Crippen LogP contribution in [0.5, 0.6) is 0 Å². The smallest absolute Gasteiger partial charge is 0.0910 e. The van der Waals surface area contributed by atoms with E-state index in [1.807, 2.05) is 11.3 Å². The molecule has 2 heteroatoms. The quantitative estimate of drug-likeness (QED) is 0.829. The van der Waals surface area contributed by atoms with Crippen molar-refractivity contribution in [2.45, 2.75) is 64.9 Å². The minimum atomic E-state index is -0.208. The van der Waals surface area contributed by atoms with E-state index in [1.165, 1.54) is 55.4 Å². The monoisotopic (exact) mass is 278 g/mol. The summed E-state index contributed by atoms with van der Waals surface area (Å²) in [6.45, 7) is 4.68. The Morgan fingerprint density at radius 2 is 1.79 bits per heavy atom. The lowest BCUT2D eigenvalue weighted by Gasteiger charge is -2.34. The first-order valence-electron chi connectivity index (χ1n) is 7.93. The van der Waals surface area contributed by atoms with Crippen molar-refractivity contribution in [3.8, 4) is 0 Å². The van der Waals surface area contributed by atoms with Crippen molar-refractivity contribution in [1.82, 2.24) is 0 Å². The average Bonchev–Trinajstić information content (AvgIpc) is 2.80. The molecule has 0 saturated heterocycles. The third-order valence-corrected chi connectivity index (χ3v) is 6.28. The van der Waals surface area contributed by atoms with Crippen LogP contribution in [0.25, 0.3) is 0 Å². The Morgan fingerprint density at radius 3 is 2.47 bits per heavy atom. The van der Waals surface area contributed by atoms with Crippen LogP contribution in [0.4, 0.5) is 0 Å². The summed E-state index contributed by atoms with van der Waals surface area (Å²) in [4.78, 5) is 2.80. The molecule has 0 aliphatic heterocycles. The molecule has 1 heterocycles. The Kier molecular flexibility index (Phi) is 4.00. The van der Waals surface area contributed by atoms with E-state index in [2.05, 4.69) is 19.9 Å². The molecule has 1 nitrogen and oxygen atoms in total. The van der Waals surface area contributed by atoms with E-state index in [9.17, 15) is 5.11 Å². The number of aliphatic hydroxyl groups excluding tert-OH is 1. The van der Waals surface area contributed by atoms with Gasteiger partial charge in [-0.1, -0.05) is 13.8 Å². The van der Waals surface area contributed by atoms with E-state index in [0.29, 0.717) is 5.92 Å². The summed E-state index contributed by atoms with van der Waals surface area (Å²) in [6.07, 6.45) is 8.67. The Balaban J connectivity index is 1.75. The van der Waals surface area contributed by atoms with E-state index in [0.717, 1.165) is 11.8 Å². The molecule has 2 aliphatic rings. The molecular formula is C17H26OS. The first kappa shape index (κ1) is 13.6. The van der Waals surface area contributed by atoms with Crippen LogP contribution in [-0.2, 0) is 12.8 Å². The van der Waals surface area contributed by atoms with E-state index in [1.54, 1.807) is 4.88 Å². The van der Waals surface area contributed by atoms with Crippen molar-refractivity contribution in [2.75, 3.05) is 0 Å². The fraction of sp³-hybridized carbons (Fsp3) is 0.765. The fourth-order valence-electron chi connectivity index (χ4n) is 4.16. The van der Waals surface area contributed by atoms with Gasteiger partial charge in [0.1, 0.15) is 0 Å². The number of rotatable bonds is 2. The highest BCUT2D eigenvalue weighted by Gasteiger charge is 2.31. The minimum absolute atomic E-state index is 0.208. The second-order valence-corrected chi connectivity index (χ2v) is 8.09. The second-order valence-electron chi connectivity index (χ2n) is 6.93. The van der Waals surface area contributed by atoms with Gasteiger partial charge in [-0.15, -0.1) is 11.3 Å². The third-order valence-electron chi connectivity index (χ3n) is 4.97. The molecule has 0 aromatic carbocycles. The van der Waals surface area contributed by atoms with Crippen LogP contribution in [0, 0.1) is 17.8 Å². The molecule has 19 heavy (non-hydrogen) atoms. The molecule has 1 saturated carbocycles. The molecule has 1 fully saturated rings. The number of thiophene rings is 1. The van der Waals surface area contributed by atoms with Crippen LogP contribution in [-0.4, -0.2) is 5.11 Å². The van der Waals surface area contributed by atoms with Crippen molar-refractivity contribution in [3.63, 3.8) is 0 Å². The first-order valence-corrected chi connectivity index (χ1v) is 8.74. The van der Waals surface area contributed by atoms with E-state index < -0.39 is 0 Å². The van der Waals surface area contributed by atoms with Crippen LogP contribution >= 0.6 is 11.3 Å². The number of aliphatic hydroxyl groups is 1. The fourth-order valence-corrected chi connectivity index (χ4v) is 5.50.